The fourth-order valence-corrected chi connectivity index (χ4v) is 3.88. The van der Waals surface area contributed by atoms with Crippen LogP contribution < -0.4 is 10.6 Å². The Morgan fingerprint density at radius 3 is 2.78 bits per heavy atom. The van der Waals surface area contributed by atoms with Gasteiger partial charge in [-0.3, -0.25) is 0 Å². The molecule has 1 aromatic heterocycles. The molecular formula is C18H30N2O2S. The van der Waals surface area contributed by atoms with Gasteiger partial charge in [0.2, 0.25) is 0 Å². The van der Waals surface area contributed by atoms with Gasteiger partial charge < -0.3 is 15.4 Å². The highest BCUT2D eigenvalue weighted by Crippen LogP contribution is 2.27. The molecule has 3 atom stereocenters. The highest BCUT2D eigenvalue weighted by molar-refractivity contribution is 7.10. The molecule has 130 valence electrons. The van der Waals surface area contributed by atoms with Crippen LogP contribution in [0.5, 0.6) is 0 Å². The third kappa shape index (κ3) is 6.15. The molecule has 0 aliphatic heterocycles. The first-order valence-electron chi connectivity index (χ1n) is 8.61. The maximum absolute atomic E-state index is 11.9. The van der Waals surface area contributed by atoms with E-state index in [0.717, 1.165) is 6.42 Å². The average molecular weight is 339 g/mol. The van der Waals surface area contributed by atoms with Crippen molar-refractivity contribution in [2.45, 2.75) is 71.1 Å². The minimum Gasteiger partial charge on any atom is -0.444 e. The van der Waals surface area contributed by atoms with E-state index >= 15 is 0 Å². The molecular weight excluding hydrogens is 308 g/mol. The second kappa shape index (κ2) is 8.15. The average Bonchev–Trinajstić information content (AvgIpc) is 2.99. The highest BCUT2D eigenvalue weighted by Gasteiger charge is 2.27. The molecule has 2 unspecified atom stereocenters. The predicted octanol–water partition coefficient (Wildman–Crippen LogP) is 4.48. The van der Waals surface area contributed by atoms with Crippen molar-refractivity contribution in [3.8, 4) is 0 Å². The molecule has 1 heterocycles. The van der Waals surface area contributed by atoms with Crippen LogP contribution in [0.1, 0.15) is 64.3 Å². The molecule has 1 aliphatic carbocycles. The minimum absolute atomic E-state index is 0.312. The number of alkyl carbamates (subject to hydrolysis) is 1. The summed E-state index contributed by atoms with van der Waals surface area (Å²) in [5.74, 6) is 0.471. The van der Waals surface area contributed by atoms with Gasteiger partial charge in [0.15, 0.2) is 0 Å². The Hall–Kier alpha value is -1.07. The Labute approximate surface area is 144 Å². The summed E-state index contributed by atoms with van der Waals surface area (Å²) in [6, 6.07) is 5.09. The van der Waals surface area contributed by atoms with Crippen molar-refractivity contribution in [1.29, 1.82) is 0 Å². The Balaban J connectivity index is 1.84. The molecule has 2 N–H and O–H groups in total. The number of rotatable bonds is 5. The third-order valence-corrected chi connectivity index (χ3v) is 5.31. The van der Waals surface area contributed by atoms with Crippen LogP contribution in [-0.2, 0) is 4.74 Å². The molecule has 1 aliphatic rings. The summed E-state index contributed by atoms with van der Waals surface area (Å²) in [4.78, 5) is 13.2. The first-order valence-corrected chi connectivity index (χ1v) is 9.49. The van der Waals surface area contributed by atoms with Gasteiger partial charge in [-0.05, 0) is 57.9 Å². The molecule has 0 bridgehead atoms. The maximum Gasteiger partial charge on any atom is 0.407 e. The summed E-state index contributed by atoms with van der Waals surface area (Å²) in [7, 11) is 0. The van der Waals surface area contributed by atoms with Gasteiger partial charge in [-0.15, -0.1) is 11.3 Å². The summed E-state index contributed by atoms with van der Waals surface area (Å²) in [6.07, 6.45) is 4.53. The molecule has 5 heteroatoms. The number of hydrogen-bond acceptors (Lipinski definition) is 4. The van der Waals surface area contributed by atoms with Crippen molar-refractivity contribution in [3.63, 3.8) is 0 Å². The summed E-state index contributed by atoms with van der Waals surface area (Å²) < 4.78 is 5.34. The first-order chi connectivity index (χ1) is 10.8. The second-order valence-corrected chi connectivity index (χ2v) is 8.42. The number of hydrogen-bond donors (Lipinski definition) is 2. The normalized spacial score (nSPS) is 23.3. The lowest BCUT2D eigenvalue weighted by Crippen LogP contribution is -2.45. The zero-order chi connectivity index (χ0) is 16.9. The predicted molar refractivity (Wildman–Crippen MR) is 95.9 cm³/mol. The number of carbonyl (C=O) groups is 1. The topological polar surface area (TPSA) is 50.4 Å². The fourth-order valence-electron chi connectivity index (χ4n) is 3.14. The van der Waals surface area contributed by atoms with Crippen LogP contribution in [0.25, 0.3) is 0 Å². The highest BCUT2D eigenvalue weighted by atomic mass is 32.1. The SMILES string of the molecule is C[C@H](NC1CCCCC1CNC(=O)OC(C)(C)C)c1cccs1. The van der Waals surface area contributed by atoms with Crippen molar-refractivity contribution in [1.82, 2.24) is 10.6 Å². The van der Waals surface area contributed by atoms with Crippen LogP contribution in [0.2, 0.25) is 0 Å². The summed E-state index contributed by atoms with van der Waals surface area (Å²) in [5.41, 5.74) is -0.442. The van der Waals surface area contributed by atoms with Gasteiger partial charge in [0.25, 0.3) is 0 Å². The largest absolute Gasteiger partial charge is 0.444 e. The van der Waals surface area contributed by atoms with Gasteiger partial charge in [-0.2, -0.15) is 0 Å². The van der Waals surface area contributed by atoms with E-state index < -0.39 is 5.60 Å². The quantitative estimate of drug-likeness (QED) is 0.832. The lowest BCUT2D eigenvalue weighted by molar-refractivity contribution is 0.0510. The van der Waals surface area contributed by atoms with Crippen molar-refractivity contribution >= 4 is 17.4 Å². The fraction of sp³-hybridized carbons (Fsp3) is 0.722. The van der Waals surface area contributed by atoms with Crippen LogP contribution in [0.4, 0.5) is 4.79 Å². The van der Waals surface area contributed by atoms with E-state index in [1.54, 1.807) is 11.3 Å². The minimum atomic E-state index is -0.442. The van der Waals surface area contributed by atoms with Crippen molar-refractivity contribution in [3.05, 3.63) is 22.4 Å². The van der Waals surface area contributed by atoms with Crippen LogP contribution in [0.15, 0.2) is 17.5 Å². The second-order valence-electron chi connectivity index (χ2n) is 7.44. The van der Waals surface area contributed by atoms with Gasteiger partial charge in [0, 0.05) is 23.5 Å². The third-order valence-electron chi connectivity index (χ3n) is 4.25. The zero-order valence-electron chi connectivity index (χ0n) is 14.7. The zero-order valence-corrected chi connectivity index (χ0v) is 15.5. The summed E-state index contributed by atoms with van der Waals surface area (Å²) in [5, 5.41) is 8.83. The van der Waals surface area contributed by atoms with E-state index in [2.05, 4.69) is 35.1 Å². The van der Waals surface area contributed by atoms with Crippen LogP contribution in [-0.4, -0.2) is 24.3 Å². The van der Waals surface area contributed by atoms with Crippen molar-refractivity contribution in [2.24, 2.45) is 5.92 Å². The van der Waals surface area contributed by atoms with Crippen LogP contribution in [0.3, 0.4) is 0 Å². The Bertz CT molecular complexity index is 482. The molecule has 1 amide bonds. The number of carbonyl (C=O) groups excluding carboxylic acids is 1. The molecule has 0 aromatic carbocycles. The molecule has 23 heavy (non-hydrogen) atoms. The Morgan fingerprint density at radius 1 is 1.39 bits per heavy atom. The van der Waals surface area contributed by atoms with E-state index in [-0.39, 0.29) is 6.09 Å². The molecule has 0 saturated heterocycles. The lowest BCUT2D eigenvalue weighted by atomic mass is 9.84. The van der Waals surface area contributed by atoms with Gasteiger partial charge in [-0.1, -0.05) is 18.9 Å². The van der Waals surface area contributed by atoms with Gasteiger partial charge in [-0.25, -0.2) is 4.79 Å². The standard InChI is InChI=1S/C18H30N2O2S/c1-13(16-10-7-11-23-16)20-15-9-6-5-8-14(15)12-19-17(21)22-18(2,3)4/h7,10-11,13-15,20H,5-6,8-9,12H2,1-4H3,(H,19,21)/t13-,14?,15?/m0/s1. The first kappa shape index (κ1) is 18.3. The molecule has 1 saturated carbocycles. The molecule has 0 spiro atoms. The number of amides is 1. The summed E-state index contributed by atoms with van der Waals surface area (Å²) >= 11 is 1.79. The van der Waals surface area contributed by atoms with Crippen LogP contribution in [0, 0.1) is 5.92 Å². The molecule has 0 radical (unpaired) electrons. The van der Waals surface area contributed by atoms with Gasteiger partial charge in [0.05, 0.1) is 0 Å². The Kier molecular flexibility index (Phi) is 6.48. The maximum atomic E-state index is 11.9. The van der Waals surface area contributed by atoms with Gasteiger partial charge >= 0.3 is 6.09 Å². The van der Waals surface area contributed by atoms with E-state index in [9.17, 15) is 4.79 Å². The monoisotopic (exact) mass is 338 g/mol. The summed E-state index contributed by atoms with van der Waals surface area (Å²) in [6.45, 7) is 8.57. The van der Waals surface area contributed by atoms with Crippen molar-refractivity contribution < 1.29 is 9.53 Å². The van der Waals surface area contributed by atoms with Crippen molar-refractivity contribution in [2.75, 3.05) is 6.54 Å². The number of nitrogens with one attached hydrogen (secondary N) is 2. The molecule has 1 fully saturated rings. The lowest BCUT2D eigenvalue weighted by Gasteiger charge is -2.34. The van der Waals surface area contributed by atoms with Crippen LogP contribution >= 0.6 is 11.3 Å². The molecule has 2 rings (SSSR count). The molecule has 1 aromatic rings. The molecule has 4 nitrogen and oxygen atoms in total. The van der Waals surface area contributed by atoms with E-state index in [1.807, 2.05) is 20.8 Å². The Morgan fingerprint density at radius 2 is 2.13 bits per heavy atom. The van der Waals surface area contributed by atoms with E-state index in [4.69, 9.17) is 4.74 Å². The number of thiophene rings is 1. The van der Waals surface area contributed by atoms with E-state index in [1.165, 1.54) is 24.1 Å². The van der Waals surface area contributed by atoms with E-state index in [0.29, 0.717) is 24.5 Å². The number of ether oxygens (including phenoxy) is 1. The van der Waals surface area contributed by atoms with Gasteiger partial charge in [0.1, 0.15) is 5.60 Å². The smallest absolute Gasteiger partial charge is 0.407 e.